The Labute approximate surface area is 118 Å². The maximum absolute atomic E-state index is 11.1. The number of nitrogens with zero attached hydrogens (tertiary/aromatic N) is 1. The van der Waals surface area contributed by atoms with Gasteiger partial charge in [-0.05, 0) is 62.7 Å². The fourth-order valence-electron chi connectivity index (χ4n) is 4.08. The molecule has 2 heteroatoms. The van der Waals surface area contributed by atoms with Crippen molar-refractivity contribution in [2.75, 3.05) is 0 Å². The molecule has 0 aliphatic heterocycles. The highest BCUT2D eigenvalue weighted by Gasteiger charge is 2.54. The molecule has 2 fully saturated rings. The lowest BCUT2D eigenvalue weighted by Crippen LogP contribution is -2.52. The SMILES string of the molecule is CCC1CCC(O)(C2(C#N)CCC(C)(C)CC2)CC1. The summed E-state index contributed by atoms with van der Waals surface area (Å²) in [7, 11) is 0. The van der Waals surface area contributed by atoms with Crippen LogP contribution in [0.5, 0.6) is 0 Å². The van der Waals surface area contributed by atoms with E-state index >= 15 is 0 Å². The second-order valence-corrected chi connectivity index (χ2v) is 7.74. The molecule has 2 aliphatic rings. The third-order valence-electron chi connectivity index (χ3n) is 6.07. The number of nitriles is 1. The molecule has 0 amide bonds. The maximum Gasteiger partial charge on any atom is 0.0860 e. The Kier molecular flexibility index (Phi) is 3.98. The molecule has 0 aromatic heterocycles. The molecule has 2 nitrogen and oxygen atoms in total. The van der Waals surface area contributed by atoms with Gasteiger partial charge in [0.05, 0.1) is 17.1 Å². The molecule has 0 spiro atoms. The summed E-state index contributed by atoms with van der Waals surface area (Å²) in [6.45, 7) is 6.80. The van der Waals surface area contributed by atoms with Crippen LogP contribution in [-0.2, 0) is 0 Å². The van der Waals surface area contributed by atoms with E-state index < -0.39 is 11.0 Å². The molecule has 0 radical (unpaired) electrons. The van der Waals surface area contributed by atoms with Crippen molar-refractivity contribution in [1.29, 1.82) is 5.26 Å². The fraction of sp³-hybridized carbons (Fsp3) is 0.941. The molecule has 0 atom stereocenters. The highest BCUT2D eigenvalue weighted by Crippen LogP contribution is 2.55. The maximum atomic E-state index is 11.1. The van der Waals surface area contributed by atoms with E-state index in [1.165, 1.54) is 6.42 Å². The van der Waals surface area contributed by atoms with Crippen LogP contribution in [0.4, 0.5) is 0 Å². The average Bonchev–Trinajstić information content (AvgIpc) is 2.40. The Balaban J connectivity index is 2.12. The Morgan fingerprint density at radius 1 is 1.05 bits per heavy atom. The molecule has 0 unspecified atom stereocenters. The Bertz CT molecular complexity index is 348. The second kappa shape index (κ2) is 5.09. The summed E-state index contributed by atoms with van der Waals surface area (Å²) in [6.07, 6.45) is 8.97. The van der Waals surface area contributed by atoms with E-state index in [0.29, 0.717) is 5.41 Å². The van der Waals surface area contributed by atoms with Gasteiger partial charge in [-0.1, -0.05) is 27.2 Å². The van der Waals surface area contributed by atoms with Gasteiger partial charge in [-0.2, -0.15) is 5.26 Å². The minimum atomic E-state index is -0.718. The van der Waals surface area contributed by atoms with Crippen LogP contribution in [0.15, 0.2) is 0 Å². The van der Waals surface area contributed by atoms with Crippen LogP contribution in [0.2, 0.25) is 0 Å². The molecule has 2 rings (SSSR count). The molecule has 0 aromatic carbocycles. The van der Waals surface area contributed by atoms with Crippen LogP contribution in [0.25, 0.3) is 0 Å². The highest BCUT2D eigenvalue weighted by atomic mass is 16.3. The Morgan fingerprint density at radius 3 is 2.00 bits per heavy atom. The molecule has 0 bridgehead atoms. The highest BCUT2D eigenvalue weighted by molar-refractivity contribution is 5.14. The minimum absolute atomic E-state index is 0.345. The van der Waals surface area contributed by atoms with Gasteiger partial charge in [0.2, 0.25) is 0 Å². The zero-order valence-corrected chi connectivity index (χ0v) is 12.8. The molecule has 2 aliphatic carbocycles. The van der Waals surface area contributed by atoms with Gasteiger partial charge in [-0.25, -0.2) is 0 Å². The fourth-order valence-corrected chi connectivity index (χ4v) is 4.08. The smallest absolute Gasteiger partial charge is 0.0860 e. The third-order valence-corrected chi connectivity index (χ3v) is 6.07. The van der Waals surface area contributed by atoms with Crippen LogP contribution in [0.3, 0.4) is 0 Å². The van der Waals surface area contributed by atoms with Crippen LogP contribution >= 0.6 is 0 Å². The molecule has 1 N–H and O–H groups in total. The van der Waals surface area contributed by atoms with Crippen molar-refractivity contribution in [3.63, 3.8) is 0 Å². The summed E-state index contributed by atoms with van der Waals surface area (Å²) in [5.41, 5.74) is -0.845. The first-order valence-corrected chi connectivity index (χ1v) is 8.00. The van der Waals surface area contributed by atoms with Gasteiger partial charge < -0.3 is 5.11 Å². The average molecular weight is 263 g/mol. The summed E-state index contributed by atoms with van der Waals surface area (Å²) >= 11 is 0. The first kappa shape index (κ1) is 14.9. The lowest BCUT2D eigenvalue weighted by Gasteiger charge is -2.51. The van der Waals surface area contributed by atoms with Crippen LogP contribution in [0.1, 0.15) is 78.6 Å². The van der Waals surface area contributed by atoms with Crippen molar-refractivity contribution in [2.24, 2.45) is 16.7 Å². The zero-order valence-electron chi connectivity index (χ0n) is 12.8. The predicted octanol–water partition coefficient (Wildman–Crippen LogP) is 4.43. The van der Waals surface area contributed by atoms with Crippen molar-refractivity contribution < 1.29 is 5.11 Å². The minimum Gasteiger partial charge on any atom is -0.388 e. The van der Waals surface area contributed by atoms with E-state index in [9.17, 15) is 10.4 Å². The van der Waals surface area contributed by atoms with Gasteiger partial charge in [0.25, 0.3) is 0 Å². The predicted molar refractivity (Wildman–Crippen MR) is 77.5 cm³/mol. The van der Waals surface area contributed by atoms with Crippen LogP contribution in [0, 0.1) is 28.1 Å². The van der Waals surface area contributed by atoms with Gasteiger partial charge in [-0.3, -0.25) is 0 Å². The van der Waals surface area contributed by atoms with E-state index in [1.807, 2.05) is 0 Å². The van der Waals surface area contributed by atoms with Crippen molar-refractivity contribution in [1.82, 2.24) is 0 Å². The molecule has 2 saturated carbocycles. The zero-order chi connectivity index (χ0) is 14.1. The molecule has 0 aromatic rings. The molecule has 108 valence electrons. The summed E-state index contributed by atoms with van der Waals surface area (Å²) in [6, 6.07) is 2.55. The van der Waals surface area contributed by atoms with Crippen molar-refractivity contribution in [2.45, 2.75) is 84.2 Å². The molecule has 0 saturated heterocycles. The number of hydrogen-bond acceptors (Lipinski definition) is 2. The number of aliphatic hydroxyl groups is 1. The largest absolute Gasteiger partial charge is 0.388 e. The normalized spacial score (nSPS) is 37.5. The van der Waals surface area contributed by atoms with E-state index in [0.717, 1.165) is 57.3 Å². The van der Waals surface area contributed by atoms with Crippen molar-refractivity contribution >= 4 is 0 Å². The lowest BCUT2D eigenvalue weighted by molar-refractivity contribution is -0.114. The van der Waals surface area contributed by atoms with E-state index in [4.69, 9.17) is 0 Å². The summed E-state index contributed by atoms with van der Waals surface area (Å²) in [5, 5.41) is 20.8. The molecule has 19 heavy (non-hydrogen) atoms. The topological polar surface area (TPSA) is 44.0 Å². The van der Waals surface area contributed by atoms with Crippen molar-refractivity contribution in [3.8, 4) is 6.07 Å². The van der Waals surface area contributed by atoms with Crippen molar-refractivity contribution in [3.05, 3.63) is 0 Å². The van der Waals surface area contributed by atoms with Crippen LogP contribution in [-0.4, -0.2) is 10.7 Å². The van der Waals surface area contributed by atoms with E-state index in [2.05, 4.69) is 26.8 Å². The van der Waals surface area contributed by atoms with Gasteiger partial charge in [0.1, 0.15) is 0 Å². The quantitative estimate of drug-likeness (QED) is 0.801. The standard InChI is InChI=1S/C17H29NO/c1-4-14-5-7-17(19,8-6-14)16(13-18)11-9-15(2,3)10-12-16/h14,19H,4-12H2,1-3H3. The van der Waals surface area contributed by atoms with Gasteiger partial charge in [0, 0.05) is 0 Å². The lowest BCUT2D eigenvalue weighted by atomic mass is 9.55. The number of rotatable bonds is 2. The number of hydrogen-bond donors (Lipinski definition) is 1. The Hall–Kier alpha value is -0.550. The second-order valence-electron chi connectivity index (χ2n) is 7.74. The third kappa shape index (κ3) is 2.68. The molecular weight excluding hydrogens is 234 g/mol. The summed E-state index contributed by atoms with van der Waals surface area (Å²) < 4.78 is 0. The summed E-state index contributed by atoms with van der Waals surface area (Å²) in [5.74, 6) is 0.760. The Morgan fingerprint density at radius 2 is 1.58 bits per heavy atom. The van der Waals surface area contributed by atoms with E-state index in [1.54, 1.807) is 0 Å². The first-order valence-electron chi connectivity index (χ1n) is 8.00. The van der Waals surface area contributed by atoms with Gasteiger partial charge in [0.15, 0.2) is 0 Å². The van der Waals surface area contributed by atoms with E-state index in [-0.39, 0.29) is 0 Å². The van der Waals surface area contributed by atoms with Gasteiger partial charge >= 0.3 is 0 Å². The first-order chi connectivity index (χ1) is 8.86. The molecule has 0 heterocycles. The van der Waals surface area contributed by atoms with Gasteiger partial charge in [-0.15, -0.1) is 0 Å². The molecular formula is C17H29NO. The van der Waals surface area contributed by atoms with Crippen LogP contribution < -0.4 is 0 Å². The summed E-state index contributed by atoms with van der Waals surface area (Å²) in [4.78, 5) is 0. The monoisotopic (exact) mass is 263 g/mol.